The molecule has 1 amide bonds. The van der Waals surface area contributed by atoms with Crippen LogP contribution in [0.1, 0.15) is 28.8 Å². The highest BCUT2D eigenvalue weighted by Crippen LogP contribution is 2.35. The van der Waals surface area contributed by atoms with Gasteiger partial charge in [0, 0.05) is 17.5 Å². The van der Waals surface area contributed by atoms with Gasteiger partial charge in [0.05, 0.1) is 0 Å². The van der Waals surface area contributed by atoms with E-state index >= 15 is 0 Å². The summed E-state index contributed by atoms with van der Waals surface area (Å²) in [5.41, 5.74) is 1.89. The molecule has 0 unspecified atom stereocenters. The number of ether oxygens (including phenoxy) is 2. The zero-order chi connectivity index (χ0) is 18.0. The number of nitrogens with one attached hydrogen (secondary N) is 1. The van der Waals surface area contributed by atoms with Crippen LogP contribution in [-0.2, 0) is 5.41 Å². The Balaban J connectivity index is 1.50. The third-order valence-corrected chi connectivity index (χ3v) is 5.55. The van der Waals surface area contributed by atoms with Crippen molar-refractivity contribution < 1.29 is 14.3 Å². The molecule has 0 atom stereocenters. The summed E-state index contributed by atoms with van der Waals surface area (Å²) in [5, 5.41) is 3.16. The first-order valence-electron chi connectivity index (χ1n) is 9.08. The molecule has 26 heavy (non-hydrogen) atoms. The van der Waals surface area contributed by atoms with Gasteiger partial charge in [0.2, 0.25) is 6.79 Å². The lowest BCUT2D eigenvalue weighted by atomic mass is 9.72. The number of amides is 1. The van der Waals surface area contributed by atoms with Crippen LogP contribution >= 0.6 is 0 Å². The highest BCUT2D eigenvalue weighted by Gasteiger charge is 2.35. The zero-order valence-corrected chi connectivity index (χ0v) is 15.0. The number of benzene rings is 2. The lowest BCUT2D eigenvalue weighted by Gasteiger charge is -2.41. The molecule has 2 aromatic rings. The van der Waals surface area contributed by atoms with Gasteiger partial charge in [-0.1, -0.05) is 30.3 Å². The van der Waals surface area contributed by atoms with E-state index in [1.165, 1.54) is 5.56 Å². The van der Waals surface area contributed by atoms with Crippen LogP contribution in [0.2, 0.25) is 0 Å². The van der Waals surface area contributed by atoms with E-state index in [1.54, 1.807) is 18.2 Å². The molecule has 136 valence electrons. The number of fused-ring (bicyclic) bond motifs is 1. The van der Waals surface area contributed by atoms with E-state index in [0.717, 1.165) is 25.9 Å². The van der Waals surface area contributed by atoms with Crippen LogP contribution in [-0.4, -0.2) is 44.3 Å². The van der Waals surface area contributed by atoms with Crippen molar-refractivity contribution in [3.8, 4) is 11.5 Å². The summed E-state index contributed by atoms with van der Waals surface area (Å²) >= 11 is 0. The first-order chi connectivity index (χ1) is 12.7. The van der Waals surface area contributed by atoms with Gasteiger partial charge in [-0.05, 0) is 56.7 Å². The molecule has 2 aliphatic rings. The molecule has 1 saturated heterocycles. The molecule has 0 bridgehead atoms. The van der Waals surface area contributed by atoms with E-state index in [4.69, 9.17) is 9.47 Å². The molecule has 0 radical (unpaired) electrons. The second-order valence-corrected chi connectivity index (χ2v) is 7.20. The second kappa shape index (κ2) is 7.00. The van der Waals surface area contributed by atoms with Gasteiger partial charge in [-0.25, -0.2) is 0 Å². The summed E-state index contributed by atoms with van der Waals surface area (Å²) in [4.78, 5) is 15.1. The average Bonchev–Trinajstić information content (AvgIpc) is 3.16. The van der Waals surface area contributed by atoms with E-state index in [2.05, 4.69) is 41.5 Å². The van der Waals surface area contributed by atoms with Crippen LogP contribution in [0.4, 0.5) is 0 Å². The third-order valence-electron chi connectivity index (χ3n) is 5.55. The molecule has 1 fully saturated rings. The third kappa shape index (κ3) is 3.27. The highest BCUT2D eigenvalue weighted by molar-refractivity contribution is 5.95. The predicted octanol–water partition coefficient (Wildman–Crippen LogP) is 2.81. The number of hydrogen-bond donors (Lipinski definition) is 1. The molecule has 2 aromatic carbocycles. The quantitative estimate of drug-likeness (QED) is 0.919. The van der Waals surface area contributed by atoms with Gasteiger partial charge in [-0.3, -0.25) is 4.79 Å². The monoisotopic (exact) mass is 352 g/mol. The van der Waals surface area contributed by atoms with Crippen LogP contribution < -0.4 is 14.8 Å². The number of piperidine rings is 1. The van der Waals surface area contributed by atoms with Gasteiger partial charge in [-0.2, -0.15) is 0 Å². The first kappa shape index (κ1) is 16.9. The molecule has 0 saturated carbocycles. The van der Waals surface area contributed by atoms with Crippen molar-refractivity contribution in [1.82, 2.24) is 10.2 Å². The summed E-state index contributed by atoms with van der Waals surface area (Å²) in [7, 11) is 2.15. The molecule has 0 aromatic heterocycles. The predicted molar refractivity (Wildman–Crippen MR) is 99.7 cm³/mol. The van der Waals surface area contributed by atoms with Crippen molar-refractivity contribution in [3.05, 3.63) is 59.7 Å². The van der Waals surface area contributed by atoms with Crippen molar-refractivity contribution in [2.24, 2.45) is 0 Å². The van der Waals surface area contributed by atoms with Gasteiger partial charge >= 0.3 is 0 Å². The van der Waals surface area contributed by atoms with E-state index in [9.17, 15) is 4.79 Å². The summed E-state index contributed by atoms with van der Waals surface area (Å²) in [5.74, 6) is 1.25. The molecular weight excluding hydrogens is 328 g/mol. The molecule has 1 N–H and O–H groups in total. The van der Waals surface area contributed by atoms with Crippen LogP contribution in [0.3, 0.4) is 0 Å². The van der Waals surface area contributed by atoms with Crippen LogP contribution in [0.25, 0.3) is 0 Å². The molecule has 0 spiro atoms. The lowest BCUT2D eigenvalue weighted by Crippen LogP contribution is -2.48. The largest absolute Gasteiger partial charge is 0.454 e. The van der Waals surface area contributed by atoms with Gasteiger partial charge in [-0.15, -0.1) is 0 Å². The standard InChI is InChI=1S/C21H24N2O3/c1-23-11-9-21(10-12-23,17-5-3-2-4-6-17)14-22-20(24)16-7-8-18-19(13-16)26-15-25-18/h2-8,13H,9-12,14-15H2,1H3,(H,22,24). The van der Waals surface area contributed by atoms with E-state index in [0.29, 0.717) is 23.6 Å². The Morgan fingerprint density at radius 1 is 1.08 bits per heavy atom. The molecule has 2 aliphatic heterocycles. The second-order valence-electron chi connectivity index (χ2n) is 7.20. The van der Waals surface area contributed by atoms with Crippen LogP contribution in [0.5, 0.6) is 11.5 Å². The number of carbonyl (C=O) groups is 1. The average molecular weight is 352 g/mol. The SMILES string of the molecule is CN1CCC(CNC(=O)c2ccc3c(c2)OCO3)(c2ccccc2)CC1. The number of nitrogens with zero attached hydrogens (tertiary/aromatic N) is 1. The number of likely N-dealkylation sites (tertiary alicyclic amines) is 1. The fourth-order valence-electron chi connectivity index (χ4n) is 3.80. The molecule has 2 heterocycles. The molecule has 5 nitrogen and oxygen atoms in total. The highest BCUT2D eigenvalue weighted by atomic mass is 16.7. The maximum absolute atomic E-state index is 12.7. The van der Waals surface area contributed by atoms with E-state index < -0.39 is 0 Å². The van der Waals surface area contributed by atoms with Crippen LogP contribution in [0, 0.1) is 0 Å². The smallest absolute Gasteiger partial charge is 0.251 e. The minimum Gasteiger partial charge on any atom is -0.454 e. The minimum absolute atomic E-state index is 0.0141. The number of rotatable bonds is 4. The van der Waals surface area contributed by atoms with E-state index in [1.807, 2.05) is 6.07 Å². The summed E-state index contributed by atoms with van der Waals surface area (Å²) < 4.78 is 10.7. The minimum atomic E-state index is -0.0717. The van der Waals surface area contributed by atoms with Crippen molar-refractivity contribution >= 4 is 5.91 Å². The first-order valence-corrected chi connectivity index (χ1v) is 9.08. The lowest BCUT2D eigenvalue weighted by molar-refractivity contribution is 0.0927. The Morgan fingerprint density at radius 2 is 1.81 bits per heavy atom. The fraction of sp³-hybridized carbons (Fsp3) is 0.381. The topological polar surface area (TPSA) is 50.8 Å². The summed E-state index contributed by atoms with van der Waals surface area (Å²) in [6.07, 6.45) is 2.07. The molecular formula is C21H24N2O3. The number of hydrogen-bond acceptors (Lipinski definition) is 4. The number of carbonyl (C=O) groups excluding carboxylic acids is 1. The van der Waals surface area contributed by atoms with Gasteiger partial charge in [0.25, 0.3) is 5.91 Å². The molecule has 0 aliphatic carbocycles. The maximum atomic E-state index is 12.7. The normalized spacial score (nSPS) is 18.5. The summed E-state index contributed by atoms with van der Waals surface area (Å²) in [6.45, 7) is 2.92. The molecule has 4 rings (SSSR count). The van der Waals surface area contributed by atoms with Crippen molar-refractivity contribution in [2.45, 2.75) is 18.3 Å². The zero-order valence-electron chi connectivity index (χ0n) is 15.0. The van der Waals surface area contributed by atoms with Gasteiger partial charge in [0.15, 0.2) is 11.5 Å². The Bertz CT molecular complexity index is 783. The van der Waals surface area contributed by atoms with Crippen molar-refractivity contribution in [2.75, 3.05) is 33.5 Å². The Labute approximate surface area is 153 Å². The van der Waals surface area contributed by atoms with Gasteiger partial charge < -0.3 is 19.7 Å². The summed E-state index contributed by atoms with van der Waals surface area (Å²) in [6, 6.07) is 15.9. The molecule has 5 heteroatoms. The Kier molecular flexibility index (Phi) is 4.55. The fourth-order valence-corrected chi connectivity index (χ4v) is 3.80. The van der Waals surface area contributed by atoms with Gasteiger partial charge in [0.1, 0.15) is 0 Å². The van der Waals surface area contributed by atoms with E-state index in [-0.39, 0.29) is 18.1 Å². The van der Waals surface area contributed by atoms with Crippen LogP contribution in [0.15, 0.2) is 48.5 Å². The van der Waals surface area contributed by atoms with Crippen molar-refractivity contribution in [3.63, 3.8) is 0 Å². The maximum Gasteiger partial charge on any atom is 0.251 e. The Hall–Kier alpha value is -2.53. The Morgan fingerprint density at radius 3 is 2.58 bits per heavy atom. The van der Waals surface area contributed by atoms with Crippen molar-refractivity contribution in [1.29, 1.82) is 0 Å².